The molecule has 0 bridgehead atoms. The summed E-state index contributed by atoms with van der Waals surface area (Å²) in [4.78, 5) is 11.4. The average molecular weight is 447 g/mol. The van der Waals surface area contributed by atoms with Crippen LogP contribution in [-0.4, -0.2) is 15.0 Å². The van der Waals surface area contributed by atoms with E-state index in [1.807, 2.05) is 83.3 Å². The standard InChI is InChI=1S/C18H16N4.C4H8.C3H6.2C2H6/c1-11-17(14-9-13(19)7-8-15(14)21-11)18-20-10-16(22-18)12-5-3-2-4-6-12;1-3-4-2;1-3-2;2*1-2/h2-10,21H,19H2,1H3,(H,20,22);3H,1,4H2,2H3;3H,1H2,2H3;2*1-2H3. The number of aryl methyl sites for hydroxylation is 1. The highest BCUT2D eigenvalue weighted by Crippen LogP contribution is 2.32. The molecule has 2 aromatic heterocycles. The van der Waals surface area contributed by atoms with Gasteiger partial charge in [-0.2, -0.15) is 0 Å². The molecular weight excluding hydrogens is 404 g/mol. The number of imidazole rings is 1. The fraction of sp³-hybridized carbons (Fsp3) is 0.276. The van der Waals surface area contributed by atoms with E-state index in [4.69, 9.17) is 5.73 Å². The zero-order valence-electron chi connectivity index (χ0n) is 21.5. The largest absolute Gasteiger partial charge is 0.399 e. The van der Waals surface area contributed by atoms with Crippen LogP contribution in [0.4, 0.5) is 5.69 Å². The van der Waals surface area contributed by atoms with Gasteiger partial charge in [0.1, 0.15) is 5.82 Å². The molecule has 0 spiro atoms. The van der Waals surface area contributed by atoms with Crippen molar-refractivity contribution in [2.45, 2.75) is 54.9 Å². The van der Waals surface area contributed by atoms with Gasteiger partial charge in [-0.05, 0) is 44.0 Å². The molecule has 4 nitrogen and oxygen atoms in total. The zero-order chi connectivity index (χ0) is 25.2. The van der Waals surface area contributed by atoms with Crippen molar-refractivity contribution in [3.8, 4) is 22.6 Å². The molecule has 4 heteroatoms. The van der Waals surface area contributed by atoms with Crippen LogP contribution >= 0.6 is 0 Å². The van der Waals surface area contributed by atoms with Crippen molar-refractivity contribution < 1.29 is 0 Å². The molecule has 0 saturated heterocycles. The number of hydrogen-bond donors (Lipinski definition) is 3. The van der Waals surface area contributed by atoms with Crippen LogP contribution < -0.4 is 5.73 Å². The molecule has 4 rings (SSSR count). The molecule has 33 heavy (non-hydrogen) atoms. The first-order chi connectivity index (χ1) is 16.0. The van der Waals surface area contributed by atoms with Crippen LogP contribution in [0.25, 0.3) is 33.5 Å². The van der Waals surface area contributed by atoms with Crippen molar-refractivity contribution in [3.05, 3.63) is 85.7 Å². The van der Waals surface area contributed by atoms with Crippen LogP contribution in [0, 0.1) is 6.92 Å². The predicted molar refractivity (Wildman–Crippen MR) is 150 cm³/mol. The third-order valence-electron chi connectivity index (χ3n) is 4.20. The van der Waals surface area contributed by atoms with Gasteiger partial charge in [0.25, 0.3) is 0 Å². The second kappa shape index (κ2) is 17.1. The maximum absolute atomic E-state index is 5.93. The molecule has 0 atom stereocenters. The molecular formula is C29H42N4. The molecule has 0 radical (unpaired) electrons. The van der Waals surface area contributed by atoms with Gasteiger partial charge < -0.3 is 15.7 Å². The number of hydrogen-bond acceptors (Lipinski definition) is 2. The number of nitrogens with two attached hydrogens (primary N) is 1. The van der Waals surface area contributed by atoms with Crippen LogP contribution in [0.5, 0.6) is 0 Å². The molecule has 0 saturated carbocycles. The van der Waals surface area contributed by atoms with Gasteiger partial charge in [0.2, 0.25) is 0 Å². The van der Waals surface area contributed by atoms with E-state index in [1.165, 1.54) is 0 Å². The lowest BCUT2D eigenvalue weighted by Gasteiger charge is -1.99. The Morgan fingerprint density at radius 3 is 2.09 bits per heavy atom. The Balaban J connectivity index is 0.000000802. The molecule has 4 aromatic rings. The predicted octanol–water partition coefficient (Wildman–Crippen LogP) is 8.94. The summed E-state index contributed by atoms with van der Waals surface area (Å²) in [6.07, 6.45) is 6.58. The van der Waals surface area contributed by atoms with E-state index in [2.05, 4.69) is 54.1 Å². The van der Waals surface area contributed by atoms with Crippen LogP contribution in [0.15, 0.2) is 80.0 Å². The fourth-order valence-corrected chi connectivity index (χ4v) is 2.86. The second-order valence-corrected chi connectivity index (χ2v) is 6.55. The van der Waals surface area contributed by atoms with Gasteiger partial charge in [-0.1, -0.05) is 77.1 Å². The number of fused-ring (bicyclic) bond motifs is 1. The second-order valence-electron chi connectivity index (χ2n) is 6.55. The van der Waals surface area contributed by atoms with Gasteiger partial charge in [0.15, 0.2) is 0 Å². The monoisotopic (exact) mass is 446 g/mol. The van der Waals surface area contributed by atoms with Gasteiger partial charge in [-0.15, -0.1) is 13.2 Å². The number of nitrogens with one attached hydrogen (secondary N) is 2. The van der Waals surface area contributed by atoms with Crippen LogP contribution in [0.2, 0.25) is 0 Å². The highest BCUT2D eigenvalue weighted by atomic mass is 14.9. The molecule has 0 aliphatic rings. The summed E-state index contributed by atoms with van der Waals surface area (Å²) in [5.74, 6) is 0.855. The van der Waals surface area contributed by atoms with Gasteiger partial charge in [-0.3, -0.25) is 0 Å². The summed E-state index contributed by atoms with van der Waals surface area (Å²) in [7, 11) is 0. The molecule has 2 aromatic carbocycles. The van der Waals surface area contributed by atoms with E-state index in [1.54, 1.807) is 6.08 Å². The lowest BCUT2D eigenvalue weighted by atomic mass is 10.1. The van der Waals surface area contributed by atoms with Crippen molar-refractivity contribution in [1.82, 2.24) is 15.0 Å². The van der Waals surface area contributed by atoms with E-state index in [-0.39, 0.29) is 0 Å². The number of aromatic amines is 2. The van der Waals surface area contributed by atoms with E-state index < -0.39 is 0 Å². The van der Waals surface area contributed by atoms with Crippen molar-refractivity contribution in [1.29, 1.82) is 0 Å². The third-order valence-corrected chi connectivity index (χ3v) is 4.20. The van der Waals surface area contributed by atoms with Gasteiger partial charge in [0, 0.05) is 27.8 Å². The Kier molecular flexibility index (Phi) is 15.2. The molecule has 0 amide bonds. The summed E-state index contributed by atoms with van der Waals surface area (Å²) in [5, 5.41) is 1.09. The van der Waals surface area contributed by atoms with E-state index in [0.29, 0.717) is 0 Å². The minimum atomic E-state index is 0.752. The summed E-state index contributed by atoms with van der Waals surface area (Å²) >= 11 is 0. The first-order valence-corrected chi connectivity index (χ1v) is 11.7. The first-order valence-electron chi connectivity index (χ1n) is 11.7. The van der Waals surface area contributed by atoms with Crippen LogP contribution in [-0.2, 0) is 0 Å². The fourth-order valence-electron chi connectivity index (χ4n) is 2.86. The molecule has 0 aliphatic carbocycles. The minimum Gasteiger partial charge on any atom is -0.399 e. The smallest absolute Gasteiger partial charge is 0.140 e. The number of allylic oxidation sites excluding steroid dienone is 2. The quantitative estimate of drug-likeness (QED) is 0.217. The Labute approximate surface area is 200 Å². The number of nitrogens with zero attached hydrogens (tertiary/aromatic N) is 1. The van der Waals surface area contributed by atoms with Gasteiger partial charge in [0.05, 0.1) is 11.9 Å². The zero-order valence-corrected chi connectivity index (χ0v) is 21.5. The molecule has 0 aliphatic heterocycles. The van der Waals surface area contributed by atoms with Crippen LogP contribution in [0.3, 0.4) is 0 Å². The van der Waals surface area contributed by atoms with Crippen molar-refractivity contribution in [2.24, 2.45) is 0 Å². The Morgan fingerprint density at radius 1 is 0.970 bits per heavy atom. The van der Waals surface area contributed by atoms with Crippen molar-refractivity contribution in [3.63, 3.8) is 0 Å². The third kappa shape index (κ3) is 8.85. The van der Waals surface area contributed by atoms with Crippen molar-refractivity contribution in [2.75, 3.05) is 5.73 Å². The van der Waals surface area contributed by atoms with E-state index in [9.17, 15) is 0 Å². The Bertz CT molecular complexity index is 1060. The number of nitrogen functional groups attached to an aromatic ring is 1. The molecule has 178 valence electrons. The lowest BCUT2D eigenvalue weighted by molar-refractivity contribution is 1.23. The summed E-state index contributed by atoms with van der Waals surface area (Å²) < 4.78 is 0. The first kappa shape index (κ1) is 29.5. The number of aromatic nitrogens is 3. The highest BCUT2D eigenvalue weighted by molar-refractivity contribution is 5.97. The lowest BCUT2D eigenvalue weighted by Crippen LogP contribution is -1.85. The summed E-state index contributed by atoms with van der Waals surface area (Å²) in [5.41, 5.74) is 12.0. The Hall–Kier alpha value is -3.53. The maximum Gasteiger partial charge on any atom is 0.140 e. The minimum absolute atomic E-state index is 0.752. The molecule has 4 N–H and O–H groups in total. The van der Waals surface area contributed by atoms with E-state index >= 15 is 0 Å². The van der Waals surface area contributed by atoms with Gasteiger partial charge >= 0.3 is 0 Å². The van der Waals surface area contributed by atoms with Gasteiger partial charge in [-0.25, -0.2) is 4.98 Å². The SMILES string of the molecule is C=CC.C=CCC.CC.CC.Cc1[nH]c2ccc(N)cc2c1-c1ncc(-c2ccccc2)[nH]1. The topological polar surface area (TPSA) is 70.5 Å². The van der Waals surface area contributed by atoms with E-state index in [0.717, 1.165) is 51.4 Å². The number of rotatable bonds is 3. The Morgan fingerprint density at radius 2 is 1.55 bits per heavy atom. The number of H-pyrrole nitrogens is 2. The molecule has 0 unspecified atom stereocenters. The van der Waals surface area contributed by atoms with Crippen molar-refractivity contribution >= 4 is 16.6 Å². The highest BCUT2D eigenvalue weighted by Gasteiger charge is 2.14. The summed E-state index contributed by atoms with van der Waals surface area (Å²) in [6.45, 7) is 20.8. The average Bonchev–Trinajstić information content (AvgIpc) is 3.46. The number of benzene rings is 2. The van der Waals surface area contributed by atoms with Crippen LogP contribution in [0.1, 0.15) is 53.7 Å². The molecule has 0 fully saturated rings. The maximum atomic E-state index is 5.93. The molecule has 2 heterocycles. The summed E-state index contributed by atoms with van der Waals surface area (Å²) in [6, 6.07) is 16.1. The number of anilines is 1. The normalized spacial score (nSPS) is 8.94.